The van der Waals surface area contributed by atoms with Crippen molar-refractivity contribution >= 4 is 65.9 Å². The molecule has 21 heteroatoms. The van der Waals surface area contributed by atoms with E-state index >= 15 is 0 Å². The highest BCUT2D eigenvalue weighted by atomic mass is 32.2. The molecule has 19 nitrogen and oxygen atoms in total. The number of carboxylic acids is 1. The molecule has 10 N–H and O–H groups in total. The molecule has 0 saturated heterocycles. The van der Waals surface area contributed by atoms with Crippen molar-refractivity contribution < 1.29 is 40.4 Å². The van der Waals surface area contributed by atoms with Crippen molar-refractivity contribution in [3.63, 3.8) is 0 Å². The summed E-state index contributed by atoms with van der Waals surface area (Å²) in [6, 6.07) is 7.89. The first-order chi connectivity index (χ1) is 19.3. The fraction of sp³-hybridized carbons (Fsp3) is 0. The number of aromatic nitrogens is 3. The van der Waals surface area contributed by atoms with Crippen molar-refractivity contribution in [3.05, 3.63) is 58.5 Å². The van der Waals surface area contributed by atoms with E-state index in [1.807, 2.05) is 0 Å². The molecule has 1 aromatic heterocycles. The van der Waals surface area contributed by atoms with Crippen molar-refractivity contribution in [1.29, 1.82) is 0 Å². The molecule has 1 heterocycles. The Morgan fingerprint density at radius 3 is 2.32 bits per heavy atom. The molecule has 3 aromatic carbocycles. The van der Waals surface area contributed by atoms with Gasteiger partial charge in [0.05, 0.1) is 16.1 Å². The molecule has 0 amide bonds. The summed E-state index contributed by atoms with van der Waals surface area (Å²) in [7, 11) is -9.51. The zero-order chi connectivity index (χ0) is 30.1. The first-order valence-electron chi connectivity index (χ1n) is 10.6. The lowest BCUT2D eigenvalue weighted by atomic mass is 10.1. The van der Waals surface area contributed by atoms with E-state index in [1.165, 1.54) is 24.3 Å². The predicted molar refractivity (Wildman–Crippen MR) is 138 cm³/mol. The third-order valence-electron chi connectivity index (χ3n) is 5.24. The molecule has 214 valence electrons. The van der Waals surface area contributed by atoms with Gasteiger partial charge in [0.1, 0.15) is 16.3 Å². The third-order valence-corrected chi connectivity index (χ3v) is 7.41. The van der Waals surface area contributed by atoms with Gasteiger partial charge in [-0.1, -0.05) is 12.1 Å². The summed E-state index contributed by atoms with van der Waals surface area (Å²) in [5.74, 6) is 6.66. The molecule has 0 radical (unpaired) electrons. The number of hydrogen-bond acceptors (Lipinski definition) is 17. The minimum Gasteiger partial charge on any atom is -0.505 e. The van der Waals surface area contributed by atoms with Crippen LogP contribution in [0, 0.1) is 0 Å². The smallest absolute Gasteiger partial charge is 0.350 e. The van der Waals surface area contributed by atoms with Crippen molar-refractivity contribution in [3.8, 4) is 5.75 Å². The van der Waals surface area contributed by atoms with Gasteiger partial charge < -0.3 is 21.3 Å². The topological polar surface area (TPSA) is 318 Å². The highest BCUT2D eigenvalue weighted by Gasteiger charge is 2.28. The number of nitrogens with two attached hydrogens (primary N) is 3. The van der Waals surface area contributed by atoms with E-state index in [4.69, 9.17) is 17.5 Å². The molecule has 0 saturated carbocycles. The van der Waals surface area contributed by atoms with Gasteiger partial charge in [-0.2, -0.15) is 47.2 Å². The minimum absolute atomic E-state index is 0.219. The average Bonchev–Trinajstić information content (AvgIpc) is 2.91. The molecule has 0 bridgehead atoms. The van der Waals surface area contributed by atoms with Gasteiger partial charge in [-0.3, -0.25) is 4.98 Å². The van der Waals surface area contributed by atoms with E-state index in [0.29, 0.717) is 0 Å². The van der Waals surface area contributed by atoms with Crippen molar-refractivity contribution in [2.24, 2.45) is 22.0 Å². The summed E-state index contributed by atoms with van der Waals surface area (Å²) < 4.78 is 58.3. The van der Waals surface area contributed by atoms with E-state index in [9.17, 15) is 36.6 Å². The number of fused-ring (bicyclic) bond motifs is 1. The van der Waals surface area contributed by atoms with Gasteiger partial charge in [0.25, 0.3) is 0 Å². The number of phenolic OH excluding ortho intramolecular Hbond substituents is 1. The Labute approximate surface area is 228 Å². The van der Waals surface area contributed by atoms with Crippen LogP contribution in [-0.2, 0) is 28.8 Å². The van der Waals surface area contributed by atoms with Crippen LogP contribution in [0.15, 0.2) is 67.3 Å². The van der Waals surface area contributed by atoms with E-state index < -0.39 is 59.1 Å². The zero-order valence-corrected chi connectivity index (χ0v) is 21.7. The Morgan fingerprint density at radius 2 is 1.68 bits per heavy atom. The SMILES string of the molecule is NOS(=O)(=O)c1cc(Nc2nc(N)[nH]c(=O)n2)c2c(O)c(N=Nc3ccccc3C(=O)O)c(S(=O)(=O)ON)cc2c1. The quantitative estimate of drug-likeness (QED) is 0.101. The van der Waals surface area contributed by atoms with Crippen LogP contribution in [0.5, 0.6) is 5.75 Å². The molecule has 4 aromatic rings. The molecule has 0 unspecified atom stereocenters. The number of carbonyl (C=O) groups is 1. The largest absolute Gasteiger partial charge is 0.505 e. The number of azo groups is 1. The summed E-state index contributed by atoms with van der Waals surface area (Å²) in [5.41, 5.74) is 2.93. The van der Waals surface area contributed by atoms with Crippen LogP contribution in [-0.4, -0.2) is 48.0 Å². The van der Waals surface area contributed by atoms with Crippen LogP contribution < -0.4 is 28.5 Å². The maximum atomic E-state index is 12.7. The number of nitrogen functional groups attached to an aromatic ring is 1. The molecule has 4 rings (SSSR count). The van der Waals surface area contributed by atoms with Crippen LogP contribution >= 0.6 is 0 Å². The first-order valence-corrected chi connectivity index (χ1v) is 13.4. The lowest BCUT2D eigenvalue weighted by Gasteiger charge is -2.15. The maximum Gasteiger partial charge on any atom is 0.350 e. The Hall–Kier alpha value is -5.06. The van der Waals surface area contributed by atoms with Crippen LogP contribution in [0.1, 0.15) is 10.4 Å². The molecule has 0 aliphatic rings. The second-order valence-corrected chi connectivity index (χ2v) is 10.9. The third kappa shape index (κ3) is 5.79. The van der Waals surface area contributed by atoms with Gasteiger partial charge in [-0.15, -0.1) is 10.2 Å². The Bertz CT molecular complexity index is 2010. The normalized spacial score (nSPS) is 12.1. The number of carboxylic acid groups (broad SMARTS) is 1. The van der Waals surface area contributed by atoms with Gasteiger partial charge in [-0.25, -0.2) is 9.59 Å². The van der Waals surface area contributed by atoms with Gasteiger partial charge in [0, 0.05) is 5.39 Å². The Kier molecular flexibility index (Phi) is 7.65. The van der Waals surface area contributed by atoms with Crippen LogP contribution in [0.25, 0.3) is 10.8 Å². The van der Waals surface area contributed by atoms with Gasteiger partial charge in [0.15, 0.2) is 5.75 Å². The molecule has 0 atom stereocenters. The van der Waals surface area contributed by atoms with Crippen molar-refractivity contribution in [2.45, 2.75) is 9.79 Å². The van der Waals surface area contributed by atoms with Crippen LogP contribution in [0.4, 0.5) is 29.0 Å². The van der Waals surface area contributed by atoms with E-state index in [-0.39, 0.29) is 33.7 Å². The van der Waals surface area contributed by atoms with Crippen molar-refractivity contribution in [2.75, 3.05) is 11.1 Å². The fourth-order valence-electron chi connectivity index (χ4n) is 3.52. The molecule has 0 aliphatic heterocycles. The monoisotopic (exact) mass is 607 g/mol. The minimum atomic E-state index is -4.88. The number of nitrogens with zero attached hydrogens (tertiary/aromatic N) is 4. The highest BCUT2D eigenvalue weighted by molar-refractivity contribution is 7.87. The number of rotatable bonds is 9. The van der Waals surface area contributed by atoms with Gasteiger partial charge >= 0.3 is 31.9 Å². The van der Waals surface area contributed by atoms with E-state index in [1.54, 1.807) is 0 Å². The van der Waals surface area contributed by atoms with E-state index in [2.05, 4.69) is 39.1 Å². The molecular weight excluding hydrogens is 590 g/mol. The summed E-state index contributed by atoms with van der Waals surface area (Å²) in [5, 5.41) is 30.1. The highest BCUT2D eigenvalue weighted by Crippen LogP contribution is 2.46. The van der Waals surface area contributed by atoms with Gasteiger partial charge in [-0.05, 0) is 35.7 Å². The number of aromatic carboxylic acids is 1. The summed E-state index contributed by atoms with van der Waals surface area (Å²) in [4.78, 5) is 31.2. The number of phenols is 1. The number of nitrogens with one attached hydrogen (secondary N) is 2. The number of H-pyrrole nitrogens is 1. The van der Waals surface area contributed by atoms with Gasteiger partial charge in [0.2, 0.25) is 11.9 Å². The van der Waals surface area contributed by atoms with Crippen LogP contribution in [0.3, 0.4) is 0 Å². The van der Waals surface area contributed by atoms with Crippen molar-refractivity contribution in [1.82, 2.24) is 15.0 Å². The summed E-state index contributed by atoms with van der Waals surface area (Å²) in [6.45, 7) is 0. The molecule has 0 aliphatic carbocycles. The van der Waals surface area contributed by atoms with E-state index in [0.717, 1.165) is 18.2 Å². The summed E-state index contributed by atoms with van der Waals surface area (Å²) in [6.07, 6.45) is 0. The standard InChI is InChI=1S/C20H17N9O10S2/c21-18-25-19(27-20(33)26-18)24-12-7-9(40(34,35)38-22)5-8-6-13(41(36,37)39-23)15(16(30)14(8)12)29-28-11-4-2-1-3-10(11)17(31)32/h1-7,30H,22-23H2,(H,31,32)(H4,21,24,25,26,27,33). The Balaban J connectivity index is 2.09. The average molecular weight is 608 g/mol. The molecule has 41 heavy (non-hydrogen) atoms. The second-order valence-electron chi connectivity index (χ2n) is 7.75. The predicted octanol–water partition coefficient (Wildman–Crippen LogP) is 0.621. The molecule has 0 spiro atoms. The zero-order valence-electron chi connectivity index (χ0n) is 20.0. The Morgan fingerprint density at radius 1 is 1.00 bits per heavy atom. The maximum absolute atomic E-state index is 12.7. The summed E-state index contributed by atoms with van der Waals surface area (Å²) >= 11 is 0. The number of benzene rings is 3. The molecular formula is C20H17N9O10S2. The van der Waals surface area contributed by atoms with Crippen LogP contribution in [0.2, 0.25) is 0 Å². The lowest BCUT2D eigenvalue weighted by molar-refractivity contribution is 0.0697. The number of anilines is 3. The lowest BCUT2D eigenvalue weighted by Crippen LogP contribution is -2.17. The fourth-order valence-corrected chi connectivity index (χ4v) is 4.91. The first kappa shape index (κ1) is 28.9. The number of hydrogen-bond donors (Lipinski definition) is 7. The number of aromatic amines is 1. The molecule has 0 fully saturated rings. The second kappa shape index (κ2) is 10.8. The number of aromatic hydroxyl groups is 1.